The Kier molecular flexibility index (Phi) is 13.8. The molecule has 1 aliphatic heterocycles. The molecule has 1 aliphatic carbocycles. The van der Waals surface area contributed by atoms with Gasteiger partial charge in [0.05, 0.1) is 31.6 Å². The average Bonchev–Trinajstić information content (AvgIpc) is 3.37. The predicted molar refractivity (Wildman–Crippen MR) is 174 cm³/mol. The maximum atomic E-state index is 13.4. The number of aromatic nitrogens is 1. The van der Waals surface area contributed by atoms with E-state index in [0.29, 0.717) is 25.4 Å². The summed E-state index contributed by atoms with van der Waals surface area (Å²) in [5.74, 6) is -0.488. The molecule has 0 bridgehead atoms. The number of carboxylic acids is 1. The standard InChI is InChI=1S/C21H27FO2.C14H19N3O4/c1-4-13-23-15-18-8-6-7-16(3)14-20(24-5-2)21(18)17-9-11-19(22)12-10-17;1-3-14(6-7-15-2)9-17(13(20)21-14)10-4-5-11(12(18)19)16-8-10/h8-12,14H,4-7,13,15H2,1-3H3;4-5,8,15H,3,6-7,9H2,1-2H3,(H,18,19)/b16-14+,18-8-,21-20+;. The molecule has 2 aromatic rings. The number of carboxylic acid groups (broad SMARTS) is 1. The third-order valence-electron chi connectivity index (χ3n) is 7.64. The van der Waals surface area contributed by atoms with E-state index in [0.717, 1.165) is 67.7 Å². The van der Waals surface area contributed by atoms with E-state index in [1.54, 1.807) is 6.07 Å². The van der Waals surface area contributed by atoms with E-state index in [2.05, 4.69) is 36.3 Å². The van der Waals surface area contributed by atoms with Gasteiger partial charge in [0.2, 0.25) is 0 Å². The van der Waals surface area contributed by atoms with Gasteiger partial charge in [-0.25, -0.2) is 19.0 Å². The van der Waals surface area contributed by atoms with Crippen LogP contribution in [0, 0.1) is 5.82 Å². The fourth-order valence-electron chi connectivity index (χ4n) is 5.11. The summed E-state index contributed by atoms with van der Waals surface area (Å²) in [5.41, 5.74) is 4.34. The van der Waals surface area contributed by atoms with Crippen LogP contribution < -0.4 is 10.2 Å². The highest BCUT2D eigenvalue weighted by atomic mass is 19.1. The summed E-state index contributed by atoms with van der Waals surface area (Å²) >= 11 is 0. The highest BCUT2D eigenvalue weighted by Gasteiger charge is 2.44. The van der Waals surface area contributed by atoms with Crippen molar-refractivity contribution in [3.63, 3.8) is 0 Å². The van der Waals surface area contributed by atoms with Crippen LogP contribution in [0.2, 0.25) is 0 Å². The van der Waals surface area contributed by atoms with Crippen molar-refractivity contribution in [1.82, 2.24) is 10.3 Å². The second kappa shape index (κ2) is 17.5. The van der Waals surface area contributed by atoms with Gasteiger partial charge >= 0.3 is 12.1 Å². The van der Waals surface area contributed by atoms with Gasteiger partial charge in [0, 0.05) is 18.6 Å². The fourth-order valence-corrected chi connectivity index (χ4v) is 5.11. The summed E-state index contributed by atoms with van der Waals surface area (Å²) in [6.07, 6.45) is 9.70. The Balaban J connectivity index is 0.000000248. The Morgan fingerprint density at radius 2 is 1.93 bits per heavy atom. The molecule has 1 fully saturated rings. The number of nitrogens with one attached hydrogen (secondary N) is 1. The molecular weight excluding hydrogens is 577 g/mol. The summed E-state index contributed by atoms with van der Waals surface area (Å²) in [4.78, 5) is 28.2. The lowest BCUT2D eigenvalue weighted by molar-refractivity contribution is 0.0470. The summed E-state index contributed by atoms with van der Waals surface area (Å²) in [7, 11) is 1.85. The summed E-state index contributed by atoms with van der Waals surface area (Å²) in [5, 5.41) is 11.9. The SMILES string of the molecule is CCC1(CCNC)CN(c2ccc(C(=O)O)nc2)C(=O)O1.CCCOCC1=C/CC/C(C)=C/C(OCC)=C\1c1ccc(F)cc1. The molecule has 10 heteroatoms. The molecule has 9 nitrogen and oxygen atoms in total. The molecule has 2 aliphatic rings. The van der Waals surface area contributed by atoms with Crippen molar-refractivity contribution in [2.75, 3.05) is 44.9 Å². The molecule has 45 heavy (non-hydrogen) atoms. The van der Waals surface area contributed by atoms with Crippen molar-refractivity contribution in [1.29, 1.82) is 0 Å². The number of pyridine rings is 1. The molecule has 244 valence electrons. The number of cyclic esters (lactones) is 1. The van der Waals surface area contributed by atoms with Crippen LogP contribution in [0.5, 0.6) is 0 Å². The quantitative estimate of drug-likeness (QED) is 0.226. The molecule has 1 aromatic heterocycles. The Hall–Kier alpha value is -4.02. The number of allylic oxidation sites excluding steroid dienone is 3. The van der Waals surface area contributed by atoms with E-state index in [4.69, 9.17) is 19.3 Å². The summed E-state index contributed by atoms with van der Waals surface area (Å²) in [6, 6.07) is 9.55. The molecule has 0 saturated carbocycles. The second-order valence-electron chi connectivity index (χ2n) is 11.0. The van der Waals surface area contributed by atoms with E-state index < -0.39 is 17.7 Å². The lowest BCUT2D eigenvalue weighted by Gasteiger charge is -2.25. The minimum Gasteiger partial charge on any atom is -0.493 e. The van der Waals surface area contributed by atoms with Crippen LogP contribution in [0.3, 0.4) is 0 Å². The van der Waals surface area contributed by atoms with Gasteiger partial charge in [-0.3, -0.25) is 4.90 Å². The van der Waals surface area contributed by atoms with E-state index in [9.17, 15) is 14.0 Å². The molecular formula is C35H46FN3O6. The number of benzene rings is 1. The monoisotopic (exact) mass is 623 g/mol. The molecule has 2 heterocycles. The van der Waals surface area contributed by atoms with Crippen molar-refractivity contribution in [2.45, 2.75) is 65.4 Å². The van der Waals surface area contributed by atoms with Crippen molar-refractivity contribution in [2.24, 2.45) is 0 Å². The van der Waals surface area contributed by atoms with E-state index in [-0.39, 0.29) is 11.5 Å². The van der Waals surface area contributed by atoms with Crippen molar-refractivity contribution in [3.8, 4) is 0 Å². The van der Waals surface area contributed by atoms with Crippen LogP contribution in [0.15, 0.2) is 71.7 Å². The zero-order valence-corrected chi connectivity index (χ0v) is 27.0. The van der Waals surface area contributed by atoms with E-state index in [1.807, 2.05) is 33.0 Å². The van der Waals surface area contributed by atoms with Crippen LogP contribution in [0.4, 0.5) is 14.9 Å². The van der Waals surface area contributed by atoms with Crippen molar-refractivity contribution in [3.05, 3.63) is 88.7 Å². The third kappa shape index (κ3) is 9.99. The first-order chi connectivity index (χ1) is 21.7. The largest absolute Gasteiger partial charge is 0.493 e. The smallest absolute Gasteiger partial charge is 0.415 e. The fraction of sp³-hybridized carbons (Fsp3) is 0.457. The first kappa shape index (κ1) is 35.5. The van der Waals surface area contributed by atoms with Gasteiger partial charge in [-0.05, 0) is 94.6 Å². The highest BCUT2D eigenvalue weighted by Crippen LogP contribution is 2.33. The number of hydrogen-bond acceptors (Lipinski definition) is 7. The number of ether oxygens (including phenoxy) is 3. The van der Waals surface area contributed by atoms with E-state index in [1.165, 1.54) is 34.9 Å². The second-order valence-corrected chi connectivity index (χ2v) is 11.0. The minimum atomic E-state index is -1.09. The molecule has 0 radical (unpaired) electrons. The maximum Gasteiger partial charge on any atom is 0.415 e. The van der Waals surface area contributed by atoms with E-state index >= 15 is 0 Å². The number of amides is 1. The van der Waals surface area contributed by atoms with Gasteiger partial charge in [0.15, 0.2) is 0 Å². The number of nitrogens with zero attached hydrogens (tertiary/aromatic N) is 2. The van der Waals surface area contributed by atoms with Crippen LogP contribution in [0.1, 0.15) is 75.9 Å². The third-order valence-corrected chi connectivity index (χ3v) is 7.64. The number of aromatic carboxylic acids is 1. The zero-order valence-electron chi connectivity index (χ0n) is 27.0. The highest BCUT2D eigenvalue weighted by molar-refractivity contribution is 5.91. The van der Waals surface area contributed by atoms with Crippen LogP contribution in [0.25, 0.3) is 5.57 Å². The topological polar surface area (TPSA) is 110 Å². The lowest BCUT2D eigenvalue weighted by Crippen LogP contribution is -2.36. The molecule has 1 saturated heterocycles. The number of hydrogen-bond donors (Lipinski definition) is 2. The Labute approximate surface area is 265 Å². The number of halogens is 1. The molecule has 4 rings (SSSR count). The number of anilines is 1. The zero-order chi connectivity index (χ0) is 32.8. The van der Waals surface area contributed by atoms with Gasteiger partial charge in [0.1, 0.15) is 22.9 Å². The Morgan fingerprint density at radius 1 is 1.18 bits per heavy atom. The molecule has 1 aromatic carbocycles. The molecule has 1 atom stereocenters. The number of carbonyl (C=O) groups is 2. The lowest BCUT2D eigenvalue weighted by atomic mass is 9.92. The van der Waals surface area contributed by atoms with Gasteiger partial charge in [-0.1, -0.05) is 37.6 Å². The molecule has 2 N–H and O–H groups in total. The molecule has 1 unspecified atom stereocenters. The van der Waals surface area contributed by atoms with Gasteiger partial charge in [0.25, 0.3) is 0 Å². The number of rotatable bonds is 13. The minimum absolute atomic E-state index is 0.0525. The van der Waals surface area contributed by atoms with Gasteiger partial charge in [-0.15, -0.1) is 0 Å². The maximum absolute atomic E-state index is 13.4. The van der Waals surface area contributed by atoms with Gasteiger partial charge < -0.3 is 24.6 Å². The first-order valence-electron chi connectivity index (χ1n) is 15.6. The van der Waals surface area contributed by atoms with Crippen LogP contribution in [-0.2, 0) is 14.2 Å². The van der Waals surface area contributed by atoms with Gasteiger partial charge in [-0.2, -0.15) is 0 Å². The predicted octanol–water partition coefficient (Wildman–Crippen LogP) is 7.16. The molecule has 0 spiro atoms. The van der Waals surface area contributed by atoms with Crippen LogP contribution >= 0.6 is 0 Å². The normalized spacial score (nSPS) is 22.2. The van der Waals surface area contributed by atoms with Crippen molar-refractivity contribution < 1.29 is 33.3 Å². The summed E-state index contributed by atoms with van der Waals surface area (Å²) in [6.45, 7) is 11.2. The Bertz CT molecular complexity index is 1370. The summed E-state index contributed by atoms with van der Waals surface area (Å²) < 4.78 is 30.6. The molecule has 1 amide bonds. The van der Waals surface area contributed by atoms with Crippen molar-refractivity contribution >= 4 is 23.3 Å². The Morgan fingerprint density at radius 3 is 2.53 bits per heavy atom. The average molecular weight is 624 g/mol. The number of carbonyl (C=O) groups excluding carboxylic acids is 1. The van der Waals surface area contributed by atoms with Crippen LogP contribution in [-0.4, -0.2) is 67.7 Å². The first-order valence-corrected chi connectivity index (χ1v) is 15.6.